The average Bonchev–Trinajstić information content (AvgIpc) is 2.38. The molecule has 1 atom stereocenters. The second-order valence-electron chi connectivity index (χ2n) is 6.64. The topological polar surface area (TPSA) is 15.3 Å². The number of likely N-dealkylation sites (N-methyl/N-ethyl adjacent to an activating group) is 2. The minimum atomic E-state index is 0.150. The molecule has 0 aliphatic carbocycles. The number of nitrogens with zero attached hydrogens (tertiary/aromatic N) is 1. The van der Waals surface area contributed by atoms with Crippen LogP contribution in [0.3, 0.4) is 0 Å². The summed E-state index contributed by atoms with van der Waals surface area (Å²) in [6, 6.07) is 7.37. The molecule has 0 saturated carbocycles. The zero-order valence-electron chi connectivity index (χ0n) is 15.1. The van der Waals surface area contributed by atoms with Gasteiger partial charge in [-0.05, 0) is 59.3 Å². The summed E-state index contributed by atoms with van der Waals surface area (Å²) in [7, 11) is 0. The molecule has 0 aliphatic rings. The van der Waals surface area contributed by atoms with Gasteiger partial charge in [-0.15, -0.1) is 0 Å². The Morgan fingerprint density at radius 3 is 1.95 bits per heavy atom. The van der Waals surface area contributed by atoms with Gasteiger partial charge in [0.25, 0.3) is 0 Å². The minimum absolute atomic E-state index is 0.150. The van der Waals surface area contributed by atoms with E-state index in [1.165, 1.54) is 16.7 Å². The van der Waals surface area contributed by atoms with Crippen molar-refractivity contribution < 1.29 is 0 Å². The first-order valence-corrected chi connectivity index (χ1v) is 8.40. The number of benzene rings is 1. The lowest BCUT2D eigenvalue weighted by Crippen LogP contribution is -2.58. The van der Waals surface area contributed by atoms with Crippen molar-refractivity contribution in [3.05, 3.63) is 34.9 Å². The fraction of sp³-hybridized carbons (Fsp3) is 0.684. The van der Waals surface area contributed by atoms with Crippen LogP contribution in [0.15, 0.2) is 18.2 Å². The molecule has 0 heterocycles. The molecule has 0 amide bonds. The average molecular weight is 290 g/mol. The Kier molecular flexibility index (Phi) is 6.89. The molecule has 1 rings (SSSR count). The van der Waals surface area contributed by atoms with E-state index in [4.69, 9.17) is 0 Å². The van der Waals surface area contributed by atoms with Gasteiger partial charge < -0.3 is 5.32 Å². The predicted octanol–water partition coefficient (Wildman–Crippen LogP) is 3.94. The van der Waals surface area contributed by atoms with E-state index >= 15 is 0 Å². The SMILES string of the molecule is CCNC(Cc1cc(C)cc(C)c1)C(C)(C)N(CC)CC. The number of hydrogen-bond acceptors (Lipinski definition) is 2. The summed E-state index contributed by atoms with van der Waals surface area (Å²) < 4.78 is 0. The standard InChI is InChI=1S/C19H34N2/c1-8-20-18(19(6,7)21(9-2)10-3)14-17-12-15(4)11-16(5)13-17/h11-13,18,20H,8-10,14H2,1-7H3. The lowest BCUT2D eigenvalue weighted by Gasteiger charge is -2.44. The van der Waals surface area contributed by atoms with Gasteiger partial charge in [0, 0.05) is 11.6 Å². The van der Waals surface area contributed by atoms with Gasteiger partial charge >= 0.3 is 0 Å². The summed E-state index contributed by atoms with van der Waals surface area (Å²) in [5.74, 6) is 0. The highest BCUT2D eigenvalue weighted by Crippen LogP contribution is 2.23. The van der Waals surface area contributed by atoms with Gasteiger partial charge in [-0.2, -0.15) is 0 Å². The third-order valence-electron chi connectivity index (χ3n) is 4.60. The van der Waals surface area contributed by atoms with E-state index in [1.807, 2.05) is 0 Å². The summed E-state index contributed by atoms with van der Waals surface area (Å²) in [6.07, 6.45) is 1.08. The van der Waals surface area contributed by atoms with Gasteiger partial charge in [-0.25, -0.2) is 0 Å². The Morgan fingerprint density at radius 1 is 1.00 bits per heavy atom. The van der Waals surface area contributed by atoms with Crippen LogP contribution in [0, 0.1) is 13.8 Å². The van der Waals surface area contributed by atoms with Crippen LogP contribution < -0.4 is 5.32 Å². The highest BCUT2D eigenvalue weighted by atomic mass is 15.2. The molecule has 0 aromatic heterocycles. The van der Waals surface area contributed by atoms with Crippen molar-refractivity contribution in [2.45, 2.75) is 66.5 Å². The third-order valence-corrected chi connectivity index (χ3v) is 4.60. The van der Waals surface area contributed by atoms with Crippen molar-refractivity contribution >= 4 is 0 Å². The van der Waals surface area contributed by atoms with Crippen LogP contribution in [0.5, 0.6) is 0 Å². The minimum Gasteiger partial charge on any atom is -0.312 e. The maximum Gasteiger partial charge on any atom is 0.0309 e. The van der Waals surface area contributed by atoms with Gasteiger partial charge in [-0.1, -0.05) is 50.1 Å². The Labute approximate surface area is 131 Å². The fourth-order valence-electron chi connectivity index (χ4n) is 3.50. The molecule has 0 fully saturated rings. The number of aryl methyl sites for hydroxylation is 2. The first-order valence-electron chi connectivity index (χ1n) is 8.40. The summed E-state index contributed by atoms with van der Waals surface area (Å²) >= 11 is 0. The zero-order valence-corrected chi connectivity index (χ0v) is 15.1. The maximum absolute atomic E-state index is 3.72. The highest BCUT2D eigenvalue weighted by molar-refractivity contribution is 5.29. The number of hydrogen-bond donors (Lipinski definition) is 1. The van der Waals surface area contributed by atoms with Crippen molar-refractivity contribution in [1.82, 2.24) is 10.2 Å². The molecule has 120 valence electrons. The molecule has 0 radical (unpaired) electrons. The normalized spacial score (nSPS) is 13.7. The Bertz CT molecular complexity index is 413. The van der Waals surface area contributed by atoms with Crippen molar-refractivity contribution in [1.29, 1.82) is 0 Å². The van der Waals surface area contributed by atoms with E-state index in [2.05, 4.69) is 76.9 Å². The first-order chi connectivity index (χ1) is 9.84. The monoisotopic (exact) mass is 290 g/mol. The van der Waals surface area contributed by atoms with Crippen LogP contribution in [0.1, 0.15) is 51.3 Å². The van der Waals surface area contributed by atoms with E-state index in [-0.39, 0.29) is 5.54 Å². The fourth-order valence-corrected chi connectivity index (χ4v) is 3.50. The molecule has 2 heteroatoms. The van der Waals surface area contributed by atoms with Gasteiger partial charge in [-0.3, -0.25) is 4.90 Å². The molecule has 1 N–H and O–H groups in total. The van der Waals surface area contributed by atoms with Crippen molar-refractivity contribution in [2.24, 2.45) is 0 Å². The van der Waals surface area contributed by atoms with Crippen molar-refractivity contribution in [2.75, 3.05) is 19.6 Å². The van der Waals surface area contributed by atoms with E-state index in [0.29, 0.717) is 6.04 Å². The van der Waals surface area contributed by atoms with Gasteiger partial charge in [0.1, 0.15) is 0 Å². The van der Waals surface area contributed by atoms with Crippen LogP contribution in [0.2, 0.25) is 0 Å². The van der Waals surface area contributed by atoms with E-state index in [9.17, 15) is 0 Å². The molecular formula is C19H34N2. The van der Waals surface area contributed by atoms with Crippen LogP contribution in [-0.4, -0.2) is 36.1 Å². The molecule has 1 aromatic rings. The highest BCUT2D eigenvalue weighted by Gasteiger charge is 2.33. The maximum atomic E-state index is 3.72. The Morgan fingerprint density at radius 2 is 1.52 bits per heavy atom. The molecule has 0 saturated heterocycles. The van der Waals surface area contributed by atoms with Crippen LogP contribution in [-0.2, 0) is 6.42 Å². The molecule has 1 unspecified atom stereocenters. The van der Waals surface area contributed by atoms with Gasteiger partial charge in [0.05, 0.1) is 0 Å². The number of nitrogens with one attached hydrogen (secondary N) is 1. The molecule has 21 heavy (non-hydrogen) atoms. The Balaban J connectivity index is 3.00. The molecule has 1 aromatic carbocycles. The molecule has 0 spiro atoms. The zero-order chi connectivity index (χ0) is 16.0. The first kappa shape index (κ1) is 18.2. The second-order valence-corrected chi connectivity index (χ2v) is 6.64. The molecule has 2 nitrogen and oxygen atoms in total. The van der Waals surface area contributed by atoms with Crippen LogP contribution in [0.4, 0.5) is 0 Å². The lowest BCUT2D eigenvalue weighted by molar-refractivity contribution is 0.0918. The summed E-state index contributed by atoms with van der Waals surface area (Å²) in [4.78, 5) is 2.56. The van der Waals surface area contributed by atoms with Gasteiger partial charge in [0.15, 0.2) is 0 Å². The summed E-state index contributed by atoms with van der Waals surface area (Å²) in [5.41, 5.74) is 4.32. The van der Waals surface area contributed by atoms with Crippen LogP contribution >= 0.6 is 0 Å². The van der Waals surface area contributed by atoms with Crippen molar-refractivity contribution in [3.8, 4) is 0 Å². The number of rotatable bonds is 8. The summed E-state index contributed by atoms with van der Waals surface area (Å²) in [5, 5.41) is 3.72. The van der Waals surface area contributed by atoms with E-state index in [1.54, 1.807) is 0 Å². The molecular weight excluding hydrogens is 256 g/mol. The van der Waals surface area contributed by atoms with Gasteiger partial charge in [0.2, 0.25) is 0 Å². The summed E-state index contributed by atoms with van der Waals surface area (Å²) in [6.45, 7) is 19.0. The third kappa shape index (κ3) is 4.82. The quantitative estimate of drug-likeness (QED) is 0.780. The predicted molar refractivity (Wildman–Crippen MR) is 94.1 cm³/mol. The molecule has 0 bridgehead atoms. The van der Waals surface area contributed by atoms with Crippen LogP contribution in [0.25, 0.3) is 0 Å². The van der Waals surface area contributed by atoms with E-state index < -0.39 is 0 Å². The Hall–Kier alpha value is -0.860. The second kappa shape index (κ2) is 7.95. The largest absolute Gasteiger partial charge is 0.312 e. The van der Waals surface area contributed by atoms with Crippen molar-refractivity contribution in [3.63, 3.8) is 0 Å². The molecule has 0 aliphatic heterocycles. The smallest absolute Gasteiger partial charge is 0.0309 e. The lowest BCUT2D eigenvalue weighted by atomic mass is 9.86. The van der Waals surface area contributed by atoms with E-state index in [0.717, 1.165) is 26.1 Å².